The average molecular weight is 358 g/mol. The fourth-order valence-corrected chi connectivity index (χ4v) is 1.59. The summed E-state index contributed by atoms with van der Waals surface area (Å²) in [5.41, 5.74) is 0.171. The van der Waals surface area contributed by atoms with Crippen molar-refractivity contribution in [1.82, 2.24) is 0 Å². The minimum absolute atomic E-state index is 0.0856. The molecule has 0 saturated carbocycles. The number of hydrogen-bond acceptors (Lipinski definition) is 7. The number of rotatable bonds is 4. The molecule has 25 heavy (non-hydrogen) atoms. The highest BCUT2D eigenvalue weighted by Crippen LogP contribution is 2.04. The lowest BCUT2D eigenvalue weighted by Gasteiger charge is -2.02. The fraction of sp³-hybridized carbons (Fsp3) is 0. The fourth-order valence-electron chi connectivity index (χ4n) is 1.59. The van der Waals surface area contributed by atoms with Crippen LogP contribution >= 0.6 is 0 Å². The van der Waals surface area contributed by atoms with Gasteiger partial charge in [-0.05, 0) is 0 Å². The minimum Gasteiger partial charge on any atom is -0.381 e. The van der Waals surface area contributed by atoms with Crippen molar-refractivity contribution < 1.29 is 32.9 Å². The summed E-state index contributed by atoms with van der Waals surface area (Å²) in [6, 6.07) is 15.3. The van der Waals surface area contributed by atoms with E-state index in [0.717, 1.165) is 5.23 Å². The molecule has 0 spiro atoms. The number of hydrogen-bond donors (Lipinski definition) is 0. The zero-order valence-corrected chi connectivity index (χ0v) is 13.4. The molecule has 0 atom stereocenters. The van der Waals surface area contributed by atoms with Gasteiger partial charge in [0.05, 0.1) is 0 Å². The highest BCUT2D eigenvalue weighted by Gasteiger charge is 2.25. The van der Waals surface area contributed by atoms with Gasteiger partial charge in [-0.1, -0.05) is 60.7 Å². The molecule has 0 bridgehead atoms. The molecule has 0 unspecified atom stereocenters. The van der Waals surface area contributed by atoms with Gasteiger partial charge in [-0.25, -0.2) is 14.4 Å². The molecule has 126 valence electrons. The van der Waals surface area contributed by atoms with Crippen LogP contribution in [0.1, 0.15) is 20.7 Å². The van der Waals surface area contributed by atoms with Crippen LogP contribution in [0, 0.1) is 0 Å². The second-order valence-electron chi connectivity index (χ2n) is 4.23. The summed E-state index contributed by atoms with van der Waals surface area (Å²) in [6.45, 7) is 0. The molecular formula is C17H10O7S. The van der Waals surface area contributed by atoms with Gasteiger partial charge in [0.25, 0.3) is 11.6 Å². The molecular weight excluding hydrogens is 348 g/mol. The van der Waals surface area contributed by atoms with E-state index in [1.165, 1.54) is 24.3 Å². The van der Waals surface area contributed by atoms with Crippen LogP contribution in [0.2, 0.25) is 0 Å². The lowest BCUT2D eigenvalue weighted by atomic mass is 10.1. The summed E-state index contributed by atoms with van der Waals surface area (Å²) >= 11 is -0.199. The van der Waals surface area contributed by atoms with Crippen LogP contribution in [0.4, 0.5) is 0 Å². The number of ketones is 2. The Labute approximate surface area is 145 Å². The molecule has 0 radical (unpaired) electrons. The summed E-state index contributed by atoms with van der Waals surface area (Å²) in [5.74, 6) is -4.72. The SMILES string of the molecule is O=C(OC(=O)C(=O)c1ccccc1)C(=O)c1ccccc1.O=C=S=O. The van der Waals surface area contributed by atoms with E-state index in [4.69, 9.17) is 9.00 Å². The van der Waals surface area contributed by atoms with E-state index < -0.39 is 23.5 Å². The first kappa shape index (κ1) is 19.6. The first-order chi connectivity index (χ1) is 12.0. The first-order valence-electron chi connectivity index (χ1n) is 6.62. The Morgan fingerprint density at radius 2 is 1.04 bits per heavy atom. The lowest BCUT2D eigenvalue weighted by molar-refractivity contribution is -0.152. The van der Waals surface area contributed by atoms with Crippen LogP contribution in [0.25, 0.3) is 0 Å². The van der Waals surface area contributed by atoms with Crippen molar-refractivity contribution in [2.75, 3.05) is 0 Å². The van der Waals surface area contributed by atoms with Gasteiger partial charge in [0.15, 0.2) is 11.3 Å². The standard InChI is InChI=1S/C16H10O5.CO2S/c17-13(11-7-3-1-4-8-11)15(19)21-16(20)14(18)12-9-5-2-6-10-12;2-1-4-3/h1-10H;. The molecule has 0 heterocycles. The Morgan fingerprint density at radius 1 is 0.720 bits per heavy atom. The average Bonchev–Trinajstić information content (AvgIpc) is 2.68. The Kier molecular flexibility index (Phi) is 8.08. The molecule has 0 amide bonds. The van der Waals surface area contributed by atoms with Gasteiger partial charge in [-0.3, -0.25) is 9.59 Å². The van der Waals surface area contributed by atoms with E-state index in [2.05, 4.69) is 4.74 Å². The van der Waals surface area contributed by atoms with Gasteiger partial charge in [-0.15, -0.1) is 0 Å². The quantitative estimate of drug-likeness (QED) is 0.264. The molecule has 8 heteroatoms. The van der Waals surface area contributed by atoms with Crippen molar-refractivity contribution in [3.05, 3.63) is 71.8 Å². The molecule has 0 aliphatic rings. The summed E-state index contributed by atoms with van der Waals surface area (Å²) in [7, 11) is 0. The Balaban J connectivity index is 0.000000705. The van der Waals surface area contributed by atoms with Gasteiger partial charge >= 0.3 is 11.9 Å². The van der Waals surface area contributed by atoms with Gasteiger partial charge in [0.2, 0.25) is 5.23 Å². The van der Waals surface area contributed by atoms with Crippen molar-refractivity contribution in [2.24, 2.45) is 0 Å². The molecule has 0 fully saturated rings. The number of benzene rings is 2. The van der Waals surface area contributed by atoms with Crippen molar-refractivity contribution in [1.29, 1.82) is 0 Å². The third-order valence-electron chi connectivity index (χ3n) is 2.66. The van der Waals surface area contributed by atoms with Crippen LogP contribution in [0.15, 0.2) is 60.7 Å². The normalized spacial score (nSPS) is 8.80. The molecule has 0 N–H and O–H groups in total. The number of Topliss-reactive ketones (excluding diaryl/α,β-unsaturated/α-hetero) is 2. The highest BCUT2D eigenvalue weighted by molar-refractivity contribution is 7.63. The number of ether oxygens (including phenoxy) is 1. The maximum Gasteiger partial charge on any atom is 0.387 e. The van der Waals surface area contributed by atoms with Gasteiger partial charge in [0.1, 0.15) is 0 Å². The maximum absolute atomic E-state index is 11.7. The van der Waals surface area contributed by atoms with Gasteiger partial charge in [0, 0.05) is 11.1 Å². The van der Waals surface area contributed by atoms with Crippen molar-refractivity contribution >= 4 is 40.0 Å². The summed E-state index contributed by atoms with van der Waals surface area (Å²) in [5, 5.41) is 1.04. The van der Waals surface area contributed by atoms with Crippen LogP contribution in [-0.2, 0) is 30.4 Å². The number of carbonyl (C=O) groups excluding carboxylic acids is 5. The molecule has 0 aliphatic heterocycles. The Bertz CT molecular complexity index is 778. The molecule has 0 aromatic heterocycles. The van der Waals surface area contributed by atoms with Gasteiger partial charge < -0.3 is 4.74 Å². The monoisotopic (exact) mass is 358 g/mol. The lowest BCUT2D eigenvalue weighted by Crippen LogP contribution is -2.26. The molecule has 2 rings (SSSR count). The molecule has 7 nitrogen and oxygen atoms in total. The molecule has 2 aromatic rings. The van der Waals surface area contributed by atoms with Gasteiger partial charge in [-0.2, -0.15) is 4.21 Å². The van der Waals surface area contributed by atoms with E-state index in [1.807, 2.05) is 0 Å². The van der Waals surface area contributed by atoms with E-state index in [0.29, 0.717) is 0 Å². The molecule has 0 saturated heterocycles. The predicted molar refractivity (Wildman–Crippen MR) is 86.5 cm³/mol. The van der Waals surface area contributed by atoms with E-state index in [9.17, 15) is 19.2 Å². The number of esters is 2. The Hall–Kier alpha value is -3.48. The smallest absolute Gasteiger partial charge is 0.381 e. The maximum atomic E-state index is 11.7. The number of carbonyl (C=O) groups is 4. The third kappa shape index (κ3) is 6.26. The summed E-state index contributed by atoms with van der Waals surface area (Å²) in [4.78, 5) is 55.2. The zero-order chi connectivity index (χ0) is 18.7. The van der Waals surface area contributed by atoms with Crippen LogP contribution in [-0.4, -0.2) is 32.9 Å². The highest BCUT2D eigenvalue weighted by atomic mass is 32.1. The predicted octanol–water partition coefficient (Wildman–Crippen LogP) is 1.09. The van der Waals surface area contributed by atoms with Crippen molar-refractivity contribution in [3.63, 3.8) is 0 Å². The second kappa shape index (κ2) is 10.3. The Morgan fingerprint density at radius 3 is 1.32 bits per heavy atom. The van der Waals surface area contributed by atoms with Crippen LogP contribution in [0.5, 0.6) is 0 Å². The topological polar surface area (TPSA) is 112 Å². The van der Waals surface area contributed by atoms with E-state index >= 15 is 0 Å². The molecule has 0 aliphatic carbocycles. The summed E-state index contributed by atoms with van der Waals surface area (Å²) < 4.78 is 13.1. The van der Waals surface area contributed by atoms with Crippen molar-refractivity contribution in [3.8, 4) is 0 Å². The van der Waals surface area contributed by atoms with Crippen LogP contribution in [0.3, 0.4) is 0 Å². The molecule has 2 aromatic carbocycles. The largest absolute Gasteiger partial charge is 0.387 e. The zero-order valence-electron chi connectivity index (χ0n) is 12.5. The first-order valence-corrected chi connectivity index (χ1v) is 7.36. The van der Waals surface area contributed by atoms with Crippen molar-refractivity contribution in [2.45, 2.75) is 0 Å². The second-order valence-corrected chi connectivity index (χ2v) is 4.57. The summed E-state index contributed by atoms with van der Waals surface area (Å²) in [6.07, 6.45) is 0. The third-order valence-corrected chi connectivity index (χ3v) is 2.73. The van der Waals surface area contributed by atoms with E-state index in [1.54, 1.807) is 36.4 Å². The van der Waals surface area contributed by atoms with E-state index in [-0.39, 0.29) is 22.4 Å². The minimum atomic E-state index is -1.38. The van der Waals surface area contributed by atoms with Crippen LogP contribution < -0.4 is 0 Å².